The number of ether oxygens (including phenoxy) is 1. The van der Waals surface area contributed by atoms with Crippen LogP contribution >= 0.6 is 0 Å². The van der Waals surface area contributed by atoms with Gasteiger partial charge in [-0.1, -0.05) is 12.1 Å². The largest absolute Gasteiger partial charge is 0.490 e. The summed E-state index contributed by atoms with van der Waals surface area (Å²) in [7, 11) is 2.16. The van der Waals surface area contributed by atoms with E-state index in [0.717, 1.165) is 38.3 Å². The fourth-order valence-electron chi connectivity index (χ4n) is 3.75. The number of piperazine rings is 1. The van der Waals surface area contributed by atoms with Crippen LogP contribution in [0, 0.1) is 0 Å². The molecule has 0 spiro atoms. The average Bonchev–Trinajstić information content (AvgIpc) is 3.06. The number of aliphatic hydroxyl groups is 1. The van der Waals surface area contributed by atoms with Crippen molar-refractivity contribution in [2.24, 2.45) is 0 Å². The van der Waals surface area contributed by atoms with Crippen molar-refractivity contribution >= 4 is 0 Å². The lowest BCUT2D eigenvalue weighted by molar-refractivity contribution is 0.0743. The summed E-state index contributed by atoms with van der Waals surface area (Å²) in [4.78, 5) is 4.86. The fourth-order valence-corrected chi connectivity index (χ4v) is 3.75. The van der Waals surface area contributed by atoms with Crippen molar-refractivity contribution in [1.82, 2.24) is 9.80 Å². The molecule has 1 atom stereocenters. The molecule has 1 aliphatic heterocycles. The lowest BCUT2D eigenvalue weighted by atomic mass is 10.1. The van der Waals surface area contributed by atoms with E-state index in [-0.39, 0.29) is 6.61 Å². The number of benzene rings is 1. The zero-order valence-electron chi connectivity index (χ0n) is 14.3. The maximum Gasteiger partial charge on any atom is 0.119 e. The second kappa shape index (κ2) is 8.13. The standard InChI is InChI=1S/C19H30N2O2/c1-20-11-12-21(15-17(20)10-13-22)14-16-6-8-19(9-7-16)23-18-4-2-3-5-18/h6-9,17-18,22H,2-5,10-15H2,1H3/t17-/m0/s1. The number of hydrogen-bond acceptors (Lipinski definition) is 4. The Morgan fingerprint density at radius 2 is 1.87 bits per heavy atom. The highest BCUT2D eigenvalue weighted by atomic mass is 16.5. The van der Waals surface area contributed by atoms with Crippen molar-refractivity contribution in [1.29, 1.82) is 0 Å². The Labute approximate surface area is 140 Å². The monoisotopic (exact) mass is 318 g/mol. The second-order valence-electron chi connectivity index (χ2n) is 7.05. The fraction of sp³-hybridized carbons (Fsp3) is 0.684. The van der Waals surface area contributed by atoms with Crippen LogP contribution in [0.3, 0.4) is 0 Å². The predicted molar refractivity (Wildman–Crippen MR) is 92.7 cm³/mol. The third-order valence-electron chi connectivity index (χ3n) is 5.26. The molecule has 0 amide bonds. The third-order valence-corrected chi connectivity index (χ3v) is 5.26. The summed E-state index contributed by atoms with van der Waals surface area (Å²) in [5.74, 6) is 1.01. The molecule has 1 aromatic rings. The lowest BCUT2D eigenvalue weighted by Crippen LogP contribution is -2.51. The van der Waals surface area contributed by atoms with Gasteiger partial charge in [-0.05, 0) is 56.8 Å². The van der Waals surface area contributed by atoms with Crippen molar-refractivity contribution in [3.8, 4) is 5.75 Å². The molecule has 128 valence electrons. The van der Waals surface area contributed by atoms with Crippen LogP contribution in [0.15, 0.2) is 24.3 Å². The van der Waals surface area contributed by atoms with Gasteiger partial charge in [0.1, 0.15) is 5.75 Å². The van der Waals surface area contributed by atoms with Crippen molar-refractivity contribution in [3.05, 3.63) is 29.8 Å². The molecule has 0 bridgehead atoms. The van der Waals surface area contributed by atoms with Crippen LogP contribution in [-0.2, 0) is 6.54 Å². The summed E-state index contributed by atoms with van der Waals surface area (Å²) < 4.78 is 6.04. The summed E-state index contributed by atoms with van der Waals surface area (Å²) in [6.45, 7) is 4.47. The van der Waals surface area contributed by atoms with Gasteiger partial charge in [0.15, 0.2) is 0 Å². The average molecular weight is 318 g/mol. The molecule has 1 aliphatic carbocycles. The third kappa shape index (κ3) is 4.69. The molecule has 3 rings (SSSR count). The van der Waals surface area contributed by atoms with Crippen LogP contribution in [-0.4, -0.2) is 60.3 Å². The van der Waals surface area contributed by atoms with Crippen molar-refractivity contribution < 1.29 is 9.84 Å². The molecule has 1 N–H and O–H groups in total. The maximum atomic E-state index is 9.20. The highest BCUT2D eigenvalue weighted by Crippen LogP contribution is 2.24. The van der Waals surface area contributed by atoms with Gasteiger partial charge in [-0.25, -0.2) is 0 Å². The van der Waals surface area contributed by atoms with Crippen molar-refractivity contribution in [2.45, 2.75) is 50.8 Å². The van der Waals surface area contributed by atoms with Crippen LogP contribution in [0.4, 0.5) is 0 Å². The van der Waals surface area contributed by atoms with E-state index >= 15 is 0 Å². The molecule has 2 fully saturated rings. The number of hydrogen-bond donors (Lipinski definition) is 1. The molecule has 0 unspecified atom stereocenters. The molecule has 4 heteroatoms. The molecule has 0 aromatic heterocycles. The topological polar surface area (TPSA) is 35.9 Å². The number of likely N-dealkylation sites (N-methyl/N-ethyl adjacent to an activating group) is 1. The van der Waals surface area contributed by atoms with E-state index in [4.69, 9.17) is 4.74 Å². The van der Waals surface area contributed by atoms with Gasteiger partial charge in [0.05, 0.1) is 6.10 Å². The van der Waals surface area contributed by atoms with Gasteiger partial charge < -0.3 is 14.7 Å². The minimum atomic E-state index is 0.274. The van der Waals surface area contributed by atoms with Gasteiger partial charge >= 0.3 is 0 Å². The zero-order valence-corrected chi connectivity index (χ0v) is 14.3. The Bertz CT molecular complexity index is 471. The van der Waals surface area contributed by atoms with E-state index in [2.05, 4.69) is 41.1 Å². The first kappa shape index (κ1) is 16.7. The van der Waals surface area contributed by atoms with E-state index in [1.165, 1.54) is 31.2 Å². The van der Waals surface area contributed by atoms with Crippen LogP contribution in [0.5, 0.6) is 5.75 Å². The molecule has 4 nitrogen and oxygen atoms in total. The second-order valence-corrected chi connectivity index (χ2v) is 7.05. The highest BCUT2D eigenvalue weighted by molar-refractivity contribution is 5.27. The van der Waals surface area contributed by atoms with Crippen molar-refractivity contribution in [2.75, 3.05) is 33.3 Å². The van der Waals surface area contributed by atoms with Crippen LogP contribution < -0.4 is 4.74 Å². The smallest absolute Gasteiger partial charge is 0.119 e. The Kier molecular flexibility index (Phi) is 5.92. The van der Waals surface area contributed by atoms with Crippen LogP contribution in [0.1, 0.15) is 37.7 Å². The molecular formula is C19H30N2O2. The van der Waals surface area contributed by atoms with Gasteiger partial charge in [0.2, 0.25) is 0 Å². The van der Waals surface area contributed by atoms with E-state index in [1.807, 2.05) is 0 Å². The van der Waals surface area contributed by atoms with Crippen molar-refractivity contribution in [3.63, 3.8) is 0 Å². The predicted octanol–water partition coefficient (Wildman–Crippen LogP) is 2.51. The highest BCUT2D eigenvalue weighted by Gasteiger charge is 2.23. The summed E-state index contributed by atoms with van der Waals surface area (Å²) >= 11 is 0. The molecule has 1 heterocycles. The SMILES string of the molecule is CN1CCN(Cc2ccc(OC3CCCC3)cc2)C[C@@H]1CCO. The Morgan fingerprint density at radius 1 is 1.13 bits per heavy atom. The Hall–Kier alpha value is -1.10. The molecule has 1 saturated carbocycles. The Morgan fingerprint density at radius 3 is 2.57 bits per heavy atom. The molecule has 1 aromatic carbocycles. The quantitative estimate of drug-likeness (QED) is 0.874. The summed E-state index contributed by atoms with van der Waals surface area (Å²) in [5, 5.41) is 9.20. The lowest BCUT2D eigenvalue weighted by Gasteiger charge is -2.39. The number of rotatable bonds is 6. The summed E-state index contributed by atoms with van der Waals surface area (Å²) in [5.41, 5.74) is 1.34. The minimum Gasteiger partial charge on any atom is -0.490 e. The van der Waals surface area contributed by atoms with Gasteiger partial charge in [-0.2, -0.15) is 0 Å². The maximum absolute atomic E-state index is 9.20. The first-order valence-corrected chi connectivity index (χ1v) is 9.03. The van der Waals surface area contributed by atoms with E-state index in [1.54, 1.807) is 0 Å². The van der Waals surface area contributed by atoms with E-state index in [9.17, 15) is 5.11 Å². The summed E-state index contributed by atoms with van der Waals surface area (Å²) in [6, 6.07) is 9.11. The number of aliphatic hydroxyl groups excluding tert-OH is 1. The van der Waals surface area contributed by atoms with Crippen LogP contribution in [0.2, 0.25) is 0 Å². The first-order chi connectivity index (χ1) is 11.2. The van der Waals surface area contributed by atoms with E-state index < -0.39 is 0 Å². The molecular weight excluding hydrogens is 288 g/mol. The molecule has 2 aliphatic rings. The van der Waals surface area contributed by atoms with Gasteiger partial charge in [-0.15, -0.1) is 0 Å². The van der Waals surface area contributed by atoms with Gasteiger partial charge in [0, 0.05) is 38.8 Å². The first-order valence-electron chi connectivity index (χ1n) is 9.03. The summed E-state index contributed by atoms with van der Waals surface area (Å²) in [6.07, 6.45) is 6.31. The molecule has 0 radical (unpaired) electrons. The normalized spacial score (nSPS) is 24.2. The van der Waals surface area contributed by atoms with E-state index in [0.29, 0.717) is 12.1 Å². The molecule has 1 saturated heterocycles. The minimum absolute atomic E-state index is 0.274. The Balaban J connectivity index is 1.51. The van der Waals surface area contributed by atoms with Gasteiger partial charge in [-0.3, -0.25) is 4.90 Å². The van der Waals surface area contributed by atoms with Gasteiger partial charge in [0.25, 0.3) is 0 Å². The number of nitrogens with zero attached hydrogens (tertiary/aromatic N) is 2. The van der Waals surface area contributed by atoms with Crippen LogP contribution in [0.25, 0.3) is 0 Å². The molecule has 23 heavy (non-hydrogen) atoms. The zero-order chi connectivity index (χ0) is 16.1.